The Balaban J connectivity index is 1.58. The Labute approximate surface area is 253 Å². The van der Waals surface area contributed by atoms with E-state index in [0.717, 1.165) is 49.7 Å². The average Bonchev–Trinajstić information content (AvgIpc) is 3.40. The molecule has 0 radical (unpaired) electrons. The Morgan fingerprint density at radius 1 is 1.18 bits per heavy atom. The van der Waals surface area contributed by atoms with Crippen LogP contribution >= 0.6 is 0 Å². The third-order valence-electron chi connectivity index (χ3n) is 8.75. The van der Waals surface area contributed by atoms with Crippen molar-refractivity contribution >= 4 is 17.6 Å². The van der Waals surface area contributed by atoms with E-state index in [1.807, 2.05) is 0 Å². The maximum Gasteiger partial charge on any atom is 0.416 e. The molecule has 1 atom stereocenters. The minimum absolute atomic E-state index is 0.0265. The third kappa shape index (κ3) is 6.01. The predicted molar refractivity (Wildman–Crippen MR) is 158 cm³/mol. The second-order valence-electron chi connectivity index (χ2n) is 11.3. The second-order valence-corrected chi connectivity index (χ2v) is 11.3. The lowest BCUT2D eigenvalue weighted by Crippen LogP contribution is -2.38. The molecule has 0 amide bonds. The number of piperidine rings is 1. The zero-order valence-corrected chi connectivity index (χ0v) is 24.9. The second kappa shape index (κ2) is 12.7. The number of nitriles is 1. The Morgan fingerprint density at radius 2 is 1.93 bits per heavy atom. The van der Waals surface area contributed by atoms with Gasteiger partial charge in [0.2, 0.25) is 5.95 Å². The van der Waals surface area contributed by atoms with E-state index in [1.54, 1.807) is 25.1 Å². The van der Waals surface area contributed by atoms with Gasteiger partial charge in [-0.1, -0.05) is 25.5 Å². The molecule has 232 valence electrons. The highest BCUT2D eigenvalue weighted by Crippen LogP contribution is 2.43. The molecule has 1 saturated heterocycles. The number of allylic oxidation sites excluding steroid dienone is 1. The van der Waals surface area contributed by atoms with Crippen LogP contribution in [0.25, 0.3) is 0 Å². The summed E-state index contributed by atoms with van der Waals surface area (Å²) in [5.41, 5.74) is 0.723. The number of H-pyrrole nitrogens is 1. The van der Waals surface area contributed by atoms with Crippen LogP contribution in [-0.2, 0) is 22.1 Å². The number of carbonyl (C=O) groups is 1. The number of rotatable bonds is 8. The number of likely N-dealkylation sites (tertiary alicyclic amines) is 1. The number of methoxy groups -OCH3 is 1. The van der Waals surface area contributed by atoms with E-state index in [9.17, 15) is 28.0 Å². The summed E-state index contributed by atoms with van der Waals surface area (Å²) in [6.07, 6.45) is 0.317. The number of halogens is 3. The summed E-state index contributed by atoms with van der Waals surface area (Å²) in [6.45, 7) is 6.77. The third-order valence-corrected chi connectivity index (χ3v) is 8.75. The highest BCUT2D eigenvalue weighted by Gasteiger charge is 2.41. The van der Waals surface area contributed by atoms with Crippen molar-refractivity contribution < 1.29 is 22.7 Å². The Hall–Kier alpha value is -4.37. The largest absolute Gasteiger partial charge is 0.466 e. The predicted octanol–water partition coefficient (Wildman–Crippen LogP) is 5.70. The van der Waals surface area contributed by atoms with Gasteiger partial charge < -0.3 is 9.64 Å². The molecule has 44 heavy (non-hydrogen) atoms. The van der Waals surface area contributed by atoms with Crippen LogP contribution in [0.3, 0.4) is 0 Å². The topological polar surface area (TPSA) is 107 Å². The van der Waals surface area contributed by atoms with Gasteiger partial charge in [-0.3, -0.25) is 4.90 Å². The highest BCUT2D eigenvalue weighted by atomic mass is 19.4. The fraction of sp³-hybridized carbons (Fsp3) is 0.438. The van der Waals surface area contributed by atoms with Gasteiger partial charge in [0, 0.05) is 11.4 Å². The van der Waals surface area contributed by atoms with Gasteiger partial charge in [0.15, 0.2) is 0 Å². The molecule has 3 aromatic rings. The first-order valence-corrected chi connectivity index (χ1v) is 14.8. The molecule has 9 nitrogen and oxygen atoms in total. The number of anilines is 2. The zero-order valence-electron chi connectivity index (χ0n) is 24.9. The van der Waals surface area contributed by atoms with Crippen LogP contribution in [0.5, 0.6) is 0 Å². The summed E-state index contributed by atoms with van der Waals surface area (Å²) in [4.78, 5) is 30.5. The molecule has 5 rings (SSSR count). The number of alkyl halides is 3. The van der Waals surface area contributed by atoms with Crippen molar-refractivity contribution in [2.45, 2.75) is 58.2 Å². The maximum absolute atomic E-state index is 13.6. The minimum atomic E-state index is -4.61. The van der Waals surface area contributed by atoms with Gasteiger partial charge in [-0.2, -0.15) is 18.4 Å². The normalized spacial score (nSPS) is 17.8. The van der Waals surface area contributed by atoms with Crippen LogP contribution in [-0.4, -0.2) is 52.4 Å². The van der Waals surface area contributed by atoms with E-state index in [0.29, 0.717) is 17.5 Å². The summed E-state index contributed by atoms with van der Waals surface area (Å²) in [7, 11) is 1.21. The van der Waals surface area contributed by atoms with Crippen molar-refractivity contribution in [2.24, 2.45) is 5.92 Å². The molecule has 2 aromatic carbocycles. The lowest BCUT2D eigenvalue weighted by molar-refractivity contribution is -0.138. The van der Waals surface area contributed by atoms with Crippen molar-refractivity contribution in [3.05, 3.63) is 86.5 Å². The lowest BCUT2D eigenvalue weighted by atomic mass is 9.88. The van der Waals surface area contributed by atoms with Gasteiger partial charge in [0.25, 0.3) is 0 Å². The van der Waals surface area contributed by atoms with Crippen molar-refractivity contribution in [2.75, 3.05) is 31.6 Å². The fourth-order valence-corrected chi connectivity index (χ4v) is 6.35. The van der Waals surface area contributed by atoms with Gasteiger partial charge in [-0.05, 0) is 99.6 Å². The monoisotopic (exact) mass is 608 g/mol. The standard InChI is InChI=1S/C32H35F3N6O3/c1-4-21-12-15-39(16-13-21)14-6-7-23-17-22(19-36)10-11-26(23)28-27(29(42)44-3)20(2)40(30-37-38-31(43)41(28)30)25-9-5-8-24(18-25)32(33,34)35/h5,8-11,17-18,21,28H,4,6-7,12-16H2,1-3H3,(H,38,43)/t28-/m1/s1. The number of carbonyl (C=O) groups excluding carboxylic acids is 1. The molecule has 2 aliphatic heterocycles. The molecule has 0 aliphatic carbocycles. The van der Waals surface area contributed by atoms with Gasteiger partial charge in [-0.15, -0.1) is 5.10 Å². The average molecular weight is 609 g/mol. The van der Waals surface area contributed by atoms with E-state index in [4.69, 9.17) is 4.74 Å². The SMILES string of the molecule is CCC1CCN(CCCc2cc(C#N)ccc2[C@@H]2C(C(=O)OC)=C(C)N(c3cccc(C(F)(F)F)c3)c3n[nH]c(=O)n32)CC1. The van der Waals surface area contributed by atoms with Crippen LogP contribution in [0.15, 0.2) is 58.5 Å². The summed E-state index contributed by atoms with van der Waals surface area (Å²) in [5, 5.41) is 16.3. The van der Waals surface area contributed by atoms with Crippen LogP contribution in [0.4, 0.5) is 24.8 Å². The summed E-state index contributed by atoms with van der Waals surface area (Å²) >= 11 is 0. The van der Waals surface area contributed by atoms with Crippen molar-refractivity contribution in [3.8, 4) is 6.07 Å². The number of aromatic amines is 1. The van der Waals surface area contributed by atoms with E-state index in [-0.39, 0.29) is 22.9 Å². The number of fused-ring (bicyclic) bond motifs is 1. The Bertz CT molecular complexity index is 1660. The number of hydrogen-bond acceptors (Lipinski definition) is 7. The Kier molecular flexibility index (Phi) is 8.97. The van der Waals surface area contributed by atoms with Gasteiger partial charge in [0.05, 0.1) is 29.9 Å². The fourth-order valence-electron chi connectivity index (χ4n) is 6.35. The van der Waals surface area contributed by atoms with Gasteiger partial charge in [-0.25, -0.2) is 19.3 Å². The molecule has 12 heteroatoms. The van der Waals surface area contributed by atoms with E-state index >= 15 is 0 Å². The van der Waals surface area contributed by atoms with Gasteiger partial charge in [0.1, 0.15) is 6.04 Å². The van der Waals surface area contributed by atoms with E-state index < -0.39 is 29.4 Å². The van der Waals surface area contributed by atoms with Crippen LogP contribution in [0.2, 0.25) is 0 Å². The molecule has 1 aromatic heterocycles. The number of benzene rings is 2. The van der Waals surface area contributed by atoms with Crippen molar-refractivity contribution in [3.63, 3.8) is 0 Å². The zero-order chi connectivity index (χ0) is 31.6. The summed E-state index contributed by atoms with van der Waals surface area (Å²) in [5.74, 6) is 0.0529. The van der Waals surface area contributed by atoms with Gasteiger partial charge >= 0.3 is 17.8 Å². The molecule has 0 unspecified atom stereocenters. The first-order valence-electron chi connectivity index (χ1n) is 14.8. The number of esters is 1. The summed E-state index contributed by atoms with van der Waals surface area (Å²) < 4.78 is 47.3. The number of nitrogens with one attached hydrogen (secondary N) is 1. The smallest absolute Gasteiger partial charge is 0.416 e. The molecule has 2 aliphatic rings. The van der Waals surface area contributed by atoms with E-state index in [1.165, 1.54) is 48.0 Å². The first-order chi connectivity index (χ1) is 21.1. The molecule has 0 spiro atoms. The maximum atomic E-state index is 13.6. The van der Waals surface area contributed by atoms with Crippen LogP contribution < -0.4 is 10.6 Å². The van der Waals surface area contributed by atoms with Crippen molar-refractivity contribution in [1.82, 2.24) is 19.7 Å². The number of nitrogens with zero attached hydrogens (tertiary/aromatic N) is 5. The highest BCUT2D eigenvalue weighted by molar-refractivity contribution is 5.93. The molecular formula is C32H35F3N6O3. The molecule has 1 fully saturated rings. The lowest BCUT2D eigenvalue weighted by Gasteiger charge is -2.36. The summed E-state index contributed by atoms with van der Waals surface area (Å²) in [6, 6.07) is 10.9. The molecular weight excluding hydrogens is 573 g/mol. The molecule has 1 N–H and O–H groups in total. The van der Waals surface area contributed by atoms with Crippen LogP contribution in [0.1, 0.15) is 67.8 Å². The number of aryl methyl sites for hydroxylation is 1. The number of ether oxygens (including phenoxy) is 1. The molecule has 0 bridgehead atoms. The van der Waals surface area contributed by atoms with E-state index in [2.05, 4.69) is 28.1 Å². The van der Waals surface area contributed by atoms with Crippen LogP contribution in [0, 0.1) is 17.2 Å². The molecule has 3 heterocycles. The minimum Gasteiger partial charge on any atom is -0.466 e. The number of aromatic nitrogens is 3. The molecule has 0 saturated carbocycles. The Morgan fingerprint density at radius 3 is 2.59 bits per heavy atom. The van der Waals surface area contributed by atoms with Crippen molar-refractivity contribution in [1.29, 1.82) is 5.26 Å². The first kappa shape index (κ1) is 31.1. The number of hydrogen-bond donors (Lipinski definition) is 1. The quantitative estimate of drug-likeness (QED) is 0.327.